The van der Waals surface area contributed by atoms with Crippen molar-refractivity contribution < 1.29 is 4.39 Å². The van der Waals surface area contributed by atoms with Crippen molar-refractivity contribution in [3.8, 4) is 0 Å². The van der Waals surface area contributed by atoms with E-state index >= 15 is 0 Å². The first-order valence-corrected chi connectivity index (χ1v) is 5.69. The van der Waals surface area contributed by atoms with Crippen LogP contribution in [-0.4, -0.2) is 18.1 Å². The van der Waals surface area contributed by atoms with E-state index in [9.17, 15) is 4.39 Å². The highest BCUT2D eigenvalue weighted by Crippen LogP contribution is 2.44. The van der Waals surface area contributed by atoms with Crippen molar-refractivity contribution in [3.63, 3.8) is 0 Å². The van der Waals surface area contributed by atoms with Crippen molar-refractivity contribution in [1.29, 1.82) is 0 Å². The fourth-order valence-corrected chi connectivity index (χ4v) is 1.75. The van der Waals surface area contributed by atoms with E-state index in [1.807, 2.05) is 0 Å². The molecule has 3 nitrogen and oxygen atoms in total. The van der Waals surface area contributed by atoms with E-state index in [0.29, 0.717) is 23.4 Å². The number of hydrogen-bond donors (Lipinski definition) is 2. The van der Waals surface area contributed by atoms with Crippen molar-refractivity contribution in [2.24, 2.45) is 11.1 Å². The minimum Gasteiger partial charge on any atom is -0.367 e. The van der Waals surface area contributed by atoms with E-state index in [0.717, 1.165) is 12.8 Å². The van der Waals surface area contributed by atoms with Crippen LogP contribution in [-0.2, 0) is 0 Å². The predicted octanol–water partition coefficient (Wildman–Crippen LogP) is 2.13. The van der Waals surface area contributed by atoms with Crippen LogP contribution in [0.2, 0.25) is 0 Å². The van der Waals surface area contributed by atoms with E-state index in [-0.39, 0.29) is 11.2 Å². The van der Waals surface area contributed by atoms with Crippen LogP contribution >= 0.6 is 15.9 Å². The van der Waals surface area contributed by atoms with Gasteiger partial charge in [-0.3, -0.25) is 0 Å². The Bertz CT molecular complexity index is 366. The molecule has 1 saturated carbocycles. The summed E-state index contributed by atoms with van der Waals surface area (Å²) >= 11 is 3.16. The Balaban J connectivity index is 1.99. The number of nitrogens with one attached hydrogen (secondary N) is 1. The molecule has 0 bridgehead atoms. The second kappa shape index (κ2) is 4.06. The molecule has 0 radical (unpaired) electrons. The molecule has 0 unspecified atom stereocenters. The second-order valence-corrected chi connectivity index (χ2v) is 4.96. The van der Waals surface area contributed by atoms with Crippen molar-refractivity contribution in [2.75, 3.05) is 18.4 Å². The monoisotopic (exact) mass is 273 g/mol. The fraction of sp³-hybridized carbons (Fsp3) is 0.500. The van der Waals surface area contributed by atoms with Gasteiger partial charge in [0.25, 0.3) is 0 Å². The van der Waals surface area contributed by atoms with Gasteiger partial charge in [0.15, 0.2) is 11.6 Å². The number of nitrogens with two attached hydrogens (primary N) is 1. The molecule has 0 amide bonds. The molecular weight excluding hydrogens is 261 g/mol. The van der Waals surface area contributed by atoms with Crippen molar-refractivity contribution in [3.05, 3.63) is 22.6 Å². The first-order valence-electron chi connectivity index (χ1n) is 4.90. The summed E-state index contributed by atoms with van der Waals surface area (Å²) in [6.07, 6.45) is 3.82. The number of pyridine rings is 1. The molecule has 5 heteroatoms. The molecule has 82 valence electrons. The lowest BCUT2D eigenvalue weighted by molar-refractivity contribution is 0.549. The Labute approximate surface area is 96.4 Å². The quantitative estimate of drug-likeness (QED) is 0.884. The third-order valence-corrected chi connectivity index (χ3v) is 3.26. The molecule has 0 saturated heterocycles. The first kappa shape index (κ1) is 10.8. The molecule has 1 aromatic heterocycles. The molecule has 1 aliphatic rings. The smallest absolute Gasteiger partial charge is 0.166 e. The number of hydrogen-bond acceptors (Lipinski definition) is 3. The Hall–Kier alpha value is -0.680. The number of rotatable bonds is 4. The van der Waals surface area contributed by atoms with Gasteiger partial charge in [-0.2, -0.15) is 0 Å². The van der Waals surface area contributed by atoms with Gasteiger partial charge in [-0.1, -0.05) is 0 Å². The highest BCUT2D eigenvalue weighted by Gasteiger charge is 2.40. The van der Waals surface area contributed by atoms with Crippen LogP contribution in [0.3, 0.4) is 0 Å². The lowest BCUT2D eigenvalue weighted by Gasteiger charge is -2.14. The van der Waals surface area contributed by atoms with E-state index in [4.69, 9.17) is 5.73 Å². The summed E-state index contributed by atoms with van der Waals surface area (Å²) < 4.78 is 14.0. The number of aromatic nitrogens is 1. The summed E-state index contributed by atoms with van der Waals surface area (Å²) in [7, 11) is 0. The molecule has 0 atom stereocenters. The molecule has 1 aliphatic carbocycles. The summed E-state index contributed by atoms with van der Waals surface area (Å²) in [4.78, 5) is 3.97. The van der Waals surface area contributed by atoms with E-state index in [2.05, 4.69) is 26.2 Å². The summed E-state index contributed by atoms with van der Waals surface area (Å²) in [6, 6.07) is 1.40. The van der Waals surface area contributed by atoms with Gasteiger partial charge < -0.3 is 11.1 Å². The maximum absolute atomic E-state index is 13.4. The number of anilines is 1. The lowest BCUT2D eigenvalue weighted by Crippen LogP contribution is -2.24. The largest absolute Gasteiger partial charge is 0.367 e. The van der Waals surface area contributed by atoms with Crippen LogP contribution in [0.5, 0.6) is 0 Å². The number of nitrogens with zero attached hydrogens (tertiary/aromatic N) is 1. The summed E-state index contributed by atoms with van der Waals surface area (Å²) in [5.74, 6) is -0.0323. The van der Waals surface area contributed by atoms with Crippen LogP contribution in [0.4, 0.5) is 10.2 Å². The van der Waals surface area contributed by atoms with Crippen LogP contribution in [0.25, 0.3) is 0 Å². The average Bonchev–Trinajstić information content (AvgIpc) is 2.97. The Kier molecular flexibility index (Phi) is 2.93. The molecular formula is C10H13BrFN3. The highest BCUT2D eigenvalue weighted by molar-refractivity contribution is 9.10. The van der Waals surface area contributed by atoms with Gasteiger partial charge in [-0.25, -0.2) is 9.37 Å². The molecule has 15 heavy (non-hydrogen) atoms. The zero-order valence-electron chi connectivity index (χ0n) is 8.26. The Morgan fingerprint density at radius 1 is 1.60 bits per heavy atom. The van der Waals surface area contributed by atoms with Gasteiger partial charge >= 0.3 is 0 Å². The topological polar surface area (TPSA) is 50.9 Å². The summed E-state index contributed by atoms with van der Waals surface area (Å²) in [6.45, 7) is 1.35. The average molecular weight is 274 g/mol. The van der Waals surface area contributed by atoms with E-state index in [1.165, 1.54) is 6.07 Å². The predicted molar refractivity (Wildman–Crippen MR) is 61.1 cm³/mol. The Morgan fingerprint density at radius 2 is 2.33 bits per heavy atom. The Morgan fingerprint density at radius 3 is 2.87 bits per heavy atom. The molecule has 1 heterocycles. The highest BCUT2D eigenvalue weighted by atomic mass is 79.9. The SMILES string of the molecule is NCC1(CNc2ncc(Br)cc2F)CC1. The molecule has 3 N–H and O–H groups in total. The maximum atomic E-state index is 13.4. The molecule has 1 aromatic rings. The summed E-state index contributed by atoms with van der Waals surface area (Å²) in [5.41, 5.74) is 5.82. The van der Waals surface area contributed by atoms with Gasteiger partial charge in [0, 0.05) is 17.2 Å². The normalized spacial score (nSPS) is 17.5. The first-order chi connectivity index (χ1) is 7.15. The zero-order valence-corrected chi connectivity index (χ0v) is 9.85. The lowest BCUT2D eigenvalue weighted by atomic mass is 10.1. The third kappa shape index (κ3) is 2.46. The van der Waals surface area contributed by atoms with Gasteiger partial charge in [0.05, 0.1) is 0 Å². The van der Waals surface area contributed by atoms with E-state index in [1.54, 1.807) is 6.20 Å². The van der Waals surface area contributed by atoms with Crippen LogP contribution in [0, 0.1) is 11.2 Å². The zero-order chi connectivity index (χ0) is 10.9. The minimum absolute atomic E-state index is 0.182. The molecule has 0 aliphatic heterocycles. The van der Waals surface area contributed by atoms with Crippen LogP contribution < -0.4 is 11.1 Å². The van der Waals surface area contributed by atoms with Gasteiger partial charge in [0.1, 0.15) is 0 Å². The molecule has 0 spiro atoms. The van der Waals surface area contributed by atoms with Gasteiger partial charge in [-0.05, 0) is 46.8 Å². The van der Waals surface area contributed by atoms with Crippen molar-refractivity contribution >= 4 is 21.7 Å². The van der Waals surface area contributed by atoms with Gasteiger partial charge in [-0.15, -0.1) is 0 Å². The number of halogens is 2. The van der Waals surface area contributed by atoms with Crippen LogP contribution in [0.15, 0.2) is 16.7 Å². The standard InChI is InChI=1S/C10H13BrFN3/c11-7-3-8(12)9(14-4-7)15-6-10(5-13)1-2-10/h3-4H,1-2,5-6,13H2,(H,14,15). The van der Waals surface area contributed by atoms with E-state index < -0.39 is 0 Å². The van der Waals surface area contributed by atoms with Crippen molar-refractivity contribution in [2.45, 2.75) is 12.8 Å². The van der Waals surface area contributed by atoms with Crippen LogP contribution in [0.1, 0.15) is 12.8 Å². The van der Waals surface area contributed by atoms with Crippen molar-refractivity contribution in [1.82, 2.24) is 4.98 Å². The minimum atomic E-state index is -0.336. The maximum Gasteiger partial charge on any atom is 0.166 e. The molecule has 0 aromatic carbocycles. The molecule has 1 fully saturated rings. The second-order valence-electron chi connectivity index (χ2n) is 4.04. The third-order valence-electron chi connectivity index (χ3n) is 2.83. The summed E-state index contributed by atoms with van der Waals surface area (Å²) in [5, 5.41) is 3.01. The molecule has 2 rings (SSSR count). The fourth-order valence-electron chi connectivity index (χ4n) is 1.45. The van der Waals surface area contributed by atoms with Gasteiger partial charge in [0.2, 0.25) is 0 Å².